The van der Waals surface area contributed by atoms with Gasteiger partial charge in [0.05, 0.1) is 36.6 Å². The number of rotatable bonds is 4. The van der Waals surface area contributed by atoms with Crippen molar-refractivity contribution in [2.24, 2.45) is 0 Å². The van der Waals surface area contributed by atoms with Crippen molar-refractivity contribution in [3.8, 4) is 16.3 Å². The Hall–Kier alpha value is -2.51. The van der Waals surface area contributed by atoms with Crippen LogP contribution in [0.2, 0.25) is 0 Å². The molecule has 29 heavy (non-hydrogen) atoms. The molecule has 0 spiro atoms. The molecular weight excluding hydrogens is 402 g/mol. The van der Waals surface area contributed by atoms with Gasteiger partial charge in [-0.25, -0.2) is 9.97 Å². The summed E-state index contributed by atoms with van der Waals surface area (Å²) in [6.45, 7) is 0.429. The molecule has 5 rings (SSSR count). The van der Waals surface area contributed by atoms with Crippen LogP contribution in [0.15, 0.2) is 40.8 Å². The van der Waals surface area contributed by atoms with Gasteiger partial charge in [-0.2, -0.15) is 0 Å². The normalized spacial score (nSPS) is 14.0. The van der Waals surface area contributed by atoms with E-state index in [2.05, 4.69) is 4.98 Å². The zero-order valence-corrected chi connectivity index (χ0v) is 17.8. The highest BCUT2D eigenvalue weighted by atomic mass is 32.1. The molecule has 7 heteroatoms. The van der Waals surface area contributed by atoms with E-state index in [1.54, 1.807) is 40.7 Å². The summed E-state index contributed by atoms with van der Waals surface area (Å²) >= 11 is 3.26. The molecule has 3 aromatic heterocycles. The lowest BCUT2D eigenvalue weighted by Crippen LogP contribution is -2.21. The summed E-state index contributed by atoms with van der Waals surface area (Å²) in [6.07, 6.45) is 7.33. The summed E-state index contributed by atoms with van der Waals surface area (Å²) in [4.78, 5) is 24.8. The van der Waals surface area contributed by atoms with Crippen molar-refractivity contribution in [2.45, 2.75) is 38.6 Å². The zero-order valence-electron chi connectivity index (χ0n) is 16.2. The fourth-order valence-corrected chi connectivity index (χ4v) is 6.03. The van der Waals surface area contributed by atoms with Gasteiger partial charge in [0, 0.05) is 10.3 Å². The molecule has 3 heterocycles. The molecule has 0 saturated heterocycles. The highest BCUT2D eigenvalue weighted by Crippen LogP contribution is 2.33. The maximum Gasteiger partial charge on any atom is 0.262 e. The second-order valence-electron chi connectivity index (χ2n) is 7.27. The van der Waals surface area contributed by atoms with Crippen LogP contribution in [0.25, 0.3) is 20.8 Å². The molecule has 1 aromatic carbocycles. The Morgan fingerprint density at radius 1 is 1.17 bits per heavy atom. The third-order valence-electron chi connectivity index (χ3n) is 5.41. The van der Waals surface area contributed by atoms with E-state index in [1.165, 1.54) is 23.3 Å². The average Bonchev–Trinajstić information content (AvgIpc) is 3.28. The van der Waals surface area contributed by atoms with Gasteiger partial charge in [-0.3, -0.25) is 9.36 Å². The van der Waals surface area contributed by atoms with E-state index >= 15 is 0 Å². The first kappa shape index (κ1) is 18.5. The summed E-state index contributed by atoms with van der Waals surface area (Å²) in [5.41, 5.74) is 3.12. The van der Waals surface area contributed by atoms with Gasteiger partial charge in [0.2, 0.25) is 0 Å². The van der Waals surface area contributed by atoms with Gasteiger partial charge in [-0.05, 0) is 43.4 Å². The summed E-state index contributed by atoms with van der Waals surface area (Å²) < 4.78 is 7.15. The zero-order chi connectivity index (χ0) is 19.8. The van der Waals surface area contributed by atoms with Crippen LogP contribution in [-0.2, 0) is 19.4 Å². The predicted octanol–water partition coefficient (Wildman–Crippen LogP) is 4.91. The Kier molecular flexibility index (Phi) is 4.93. The Morgan fingerprint density at radius 2 is 2.03 bits per heavy atom. The van der Waals surface area contributed by atoms with Gasteiger partial charge < -0.3 is 4.74 Å². The van der Waals surface area contributed by atoms with E-state index in [0.717, 1.165) is 51.5 Å². The number of para-hydroxylation sites is 1. The molecule has 148 valence electrons. The van der Waals surface area contributed by atoms with Gasteiger partial charge in [0.1, 0.15) is 15.6 Å². The predicted molar refractivity (Wildman–Crippen MR) is 118 cm³/mol. The Balaban J connectivity index is 1.50. The molecule has 0 N–H and O–H groups in total. The van der Waals surface area contributed by atoms with Crippen LogP contribution in [0.4, 0.5) is 0 Å². The summed E-state index contributed by atoms with van der Waals surface area (Å²) in [6, 6.07) is 7.85. The molecule has 4 aromatic rings. The van der Waals surface area contributed by atoms with Crippen LogP contribution in [0.1, 0.15) is 35.4 Å². The van der Waals surface area contributed by atoms with Crippen molar-refractivity contribution >= 4 is 32.9 Å². The van der Waals surface area contributed by atoms with Gasteiger partial charge in [-0.1, -0.05) is 18.6 Å². The minimum Gasteiger partial charge on any atom is -0.496 e. The number of nitrogens with zero attached hydrogens (tertiary/aromatic N) is 3. The number of methoxy groups -OCH3 is 1. The maximum absolute atomic E-state index is 13.2. The van der Waals surface area contributed by atoms with Crippen LogP contribution >= 0.6 is 22.7 Å². The monoisotopic (exact) mass is 423 g/mol. The van der Waals surface area contributed by atoms with E-state index in [-0.39, 0.29) is 5.56 Å². The molecule has 1 aliphatic rings. The maximum atomic E-state index is 13.2. The second kappa shape index (κ2) is 7.72. The fourth-order valence-electron chi connectivity index (χ4n) is 3.97. The van der Waals surface area contributed by atoms with Crippen LogP contribution in [0.5, 0.6) is 5.75 Å². The molecule has 5 nitrogen and oxygen atoms in total. The van der Waals surface area contributed by atoms with E-state index in [4.69, 9.17) is 9.72 Å². The Morgan fingerprint density at radius 3 is 2.93 bits per heavy atom. The van der Waals surface area contributed by atoms with Crippen molar-refractivity contribution in [3.05, 3.63) is 62.5 Å². The van der Waals surface area contributed by atoms with Crippen molar-refractivity contribution in [2.75, 3.05) is 7.11 Å². The van der Waals surface area contributed by atoms with E-state index in [9.17, 15) is 4.79 Å². The fraction of sp³-hybridized carbons (Fsp3) is 0.318. The number of aromatic nitrogens is 3. The van der Waals surface area contributed by atoms with Crippen LogP contribution in [-0.4, -0.2) is 21.6 Å². The quantitative estimate of drug-likeness (QED) is 0.438. The molecule has 0 radical (unpaired) electrons. The molecule has 1 aliphatic carbocycles. The number of hydrogen-bond acceptors (Lipinski definition) is 6. The molecule has 0 atom stereocenters. The largest absolute Gasteiger partial charge is 0.496 e. The van der Waals surface area contributed by atoms with Gasteiger partial charge in [-0.15, -0.1) is 22.7 Å². The van der Waals surface area contributed by atoms with E-state index in [0.29, 0.717) is 6.54 Å². The van der Waals surface area contributed by atoms with Crippen molar-refractivity contribution in [3.63, 3.8) is 0 Å². The molecule has 0 bridgehead atoms. The SMILES string of the molecule is COc1ccccc1-c1nc(Cn2cnc3sc4c(c3c2=O)CCCCC4)cs1. The lowest BCUT2D eigenvalue weighted by Gasteiger charge is -2.05. The number of fused-ring (bicyclic) bond motifs is 3. The molecule has 0 fully saturated rings. The van der Waals surface area contributed by atoms with Gasteiger partial charge >= 0.3 is 0 Å². The first-order chi connectivity index (χ1) is 14.2. The van der Waals surface area contributed by atoms with Crippen LogP contribution in [0, 0.1) is 0 Å². The minimum absolute atomic E-state index is 0.0567. The number of aryl methyl sites for hydroxylation is 2. The Bertz CT molecular complexity index is 1240. The van der Waals surface area contributed by atoms with Crippen molar-refractivity contribution in [1.29, 1.82) is 0 Å². The average molecular weight is 424 g/mol. The van der Waals surface area contributed by atoms with E-state index in [1.807, 2.05) is 29.6 Å². The Labute approximate surface area is 176 Å². The summed E-state index contributed by atoms with van der Waals surface area (Å²) in [5, 5.41) is 3.73. The summed E-state index contributed by atoms with van der Waals surface area (Å²) in [7, 11) is 1.66. The molecule has 0 saturated carbocycles. The molecule has 0 unspecified atom stereocenters. The third kappa shape index (κ3) is 3.38. The third-order valence-corrected chi connectivity index (χ3v) is 7.54. The lowest BCUT2D eigenvalue weighted by molar-refractivity contribution is 0.416. The lowest BCUT2D eigenvalue weighted by atomic mass is 10.1. The second-order valence-corrected chi connectivity index (χ2v) is 9.21. The molecule has 0 aliphatic heterocycles. The highest BCUT2D eigenvalue weighted by Gasteiger charge is 2.19. The summed E-state index contributed by atoms with van der Waals surface area (Å²) in [5.74, 6) is 0.801. The number of thiazole rings is 1. The smallest absolute Gasteiger partial charge is 0.262 e. The first-order valence-electron chi connectivity index (χ1n) is 9.82. The first-order valence-corrected chi connectivity index (χ1v) is 11.5. The number of hydrogen-bond donors (Lipinski definition) is 0. The van der Waals surface area contributed by atoms with Gasteiger partial charge in [0.15, 0.2) is 0 Å². The van der Waals surface area contributed by atoms with Gasteiger partial charge in [0.25, 0.3) is 5.56 Å². The number of thiophene rings is 1. The van der Waals surface area contributed by atoms with Crippen LogP contribution in [0.3, 0.4) is 0 Å². The number of ether oxygens (including phenoxy) is 1. The minimum atomic E-state index is 0.0567. The van der Waals surface area contributed by atoms with Crippen molar-refractivity contribution < 1.29 is 4.74 Å². The van der Waals surface area contributed by atoms with E-state index < -0.39 is 0 Å². The van der Waals surface area contributed by atoms with Crippen LogP contribution < -0.4 is 10.3 Å². The highest BCUT2D eigenvalue weighted by molar-refractivity contribution is 7.18. The molecule has 0 amide bonds. The standard InChI is InChI=1S/C22H21N3O2S2/c1-27-17-9-6-5-7-15(17)20-24-14(12-28-20)11-25-13-23-21-19(22(25)26)16-8-3-2-4-10-18(16)29-21/h5-7,9,12-13H,2-4,8,10-11H2,1H3. The number of benzene rings is 1. The topological polar surface area (TPSA) is 57.0 Å². The molecular formula is C22H21N3O2S2. The van der Waals surface area contributed by atoms with Crippen molar-refractivity contribution in [1.82, 2.24) is 14.5 Å².